The Kier molecular flexibility index (Phi) is 7.37. The predicted octanol–water partition coefficient (Wildman–Crippen LogP) is 2.48. The lowest BCUT2D eigenvalue weighted by atomic mass is 10.1. The van der Waals surface area contributed by atoms with Crippen molar-refractivity contribution in [2.24, 2.45) is 10.9 Å². The summed E-state index contributed by atoms with van der Waals surface area (Å²) in [7, 11) is 5.58. The SMILES string of the molecule is CN=C(NCCc1ccc(C)c(OC)c1)N(C)CCOCC1CC1. The molecule has 134 valence electrons. The van der Waals surface area contributed by atoms with E-state index in [1.165, 1.54) is 18.4 Å². The molecule has 0 amide bonds. The van der Waals surface area contributed by atoms with Gasteiger partial charge in [-0.1, -0.05) is 12.1 Å². The van der Waals surface area contributed by atoms with Crippen LogP contribution in [0.3, 0.4) is 0 Å². The highest BCUT2D eigenvalue weighted by Crippen LogP contribution is 2.28. The molecular weight excluding hydrogens is 302 g/mol. The molecule has 1 fully saturated rings. The van der Waals surface area contributed by atoms with Gasteiger partial charge in [0.25, 0.3) is 0 Å². The van der Waals surface area contributed by atoms with Crippen LogP contribution in [0.4, 0.5) is 0 Å². The van der Waals surface area contributed by atoms with Gasteiger partial charge in [-0.2, -0.15) is 0 Å². The number of ether oxygens (including phenoxy) is 2. The normalized spacial score (nSPS) is 14.6. The molecule has 1 aromatic rings. The van der Waals surface area contributed by atoms with E-state index in [0.29, 0.717) is 0 Å². The lowest BCUT2D eigenvalue weighted by Crippen LogP contribution is -2.41. The van der Waals surface area contributed by atoms with Crippen LogP contribution >= 0.6 is 0 Å². The molecule has 5 heteroatoms. The summed E-state index contributed by atoms with van der Waals surface area (Å²) in [5.74, 6) is 2.67. The van der Waals surface area contributed by atoms with Crippen molar-refractivity contribution < 1.29 is 9.47 Å². The molecule has 1 saturated carbocycles. The molecule has 0 heterocycles. The predicted molar refractivity (Wildman–Crippen MR) is 99.0 cm³/mol. The van der Waals surface area contributed by atoms with Gasteiger partial charge in [-0.15, -0.1) is 0 Å². The minimum Gasteiger partial charge on any atom is -0.496 e. The first-order valence-corrected chi connectivity index (χ1v) is 8.77. The van der Waals surface area contributed by atoms with Crippen LogP contribution in [0.2, 0.25) is 0 Å². The van der Waals surface area contributed by atoms with Crippen LogP contribution < -0.4 is 10.1 Å². The summed E-state index contributed by atoms with van der Waals surface area (Å²) in [6, 6.07) is 6.36. The highest BCUT2D eigenvalue weighted by Gasteiger charge is 2.21. The lowest BCUT2D eigenvalue weighted by molar-refractivity contribution is 0.115. The Morgan fingerprint density at radius 2 is 2.17 bits per heavy atom. The molecule has 0 unspecified atom stereocenters. The first kappa shape index (κ1) is 18.6. The Morgan fingerprint density at radius 3 is 2.83 bits per heavy atom. The molecule has 1 aromatic carbocycles. The third-order valence-corrected chi connectivity index (χ3v) is 4.36. The van der Waals surface area contributed by atoms with Crippen LogP contribution in [-0.4, -0.2) is 58.4 Å². The van der Waals surface area contributed by atoms with Crippen LogP contribution in [0.1, 0.15) is 24.0 Å². The number of guanidine groups is 1. The Balaban J connectivity index is 1.70. The van der Waals surface area contributed by atoms with Crippen molar-refractivity contribution in [3.05, 3.63) is 29.3 Å². The molecule has 0 spiro atoms. The Hall–Kier alpha value is -1.75. The maximum absolute atomic E-state index is 5.70. The topological polar surface area (TPSA) is 46.1 Å². The second kappa shape index (κ2) is 9.52. The minimum atomic E-state index is 0.753. The van der Waals surface area contributed by atoms with Crippen molar-refractivity contribution in [3.8, 4) is 5.75 Å². The van der Waals surface area contributed by atoms with E-state index in [4.69, 9.17) is 9.47 Å². The van der Waals surface area contributed by atoms with E-state index in [0.717, 1.165) is 55.9 Å². The molecule has 1 aliphatic rings. The largest absolute Gasteiger partial charge is 0.496 e. The maximum atomic E-state index is 5.70. The van der Waals surface area contributed by atoms with E-state index in [1.54, 1.807) is 7.11 Å². The molecule has 1 aliphatic carbocycles. The molecule has 0 bridgehead atoms. The number of likely N-dealkylation sites (N-methyl/N-ethyl adjacent to an activating group) is 1. The Morgan fingerprint density at radius 1 is 1.38 bits per heavy atom. The summed E-state index contributed by atoms with van der Waals surface area (Å²) in [4.78, 5) is 6.46. The van der Waals surface area contributed by atoms with Crippen LogP contribution in [0.25, 0.3) is 0 Å². The van der Waals surface area contributed by atoms with Gasteiger partial charge in [-0.05, 0) is 49.3 Å². The van der Waals surface area contributed by atoms with Crippen LogP contribution in [0.5, 0.6) is 5.75 Å². The number of methoxy groups -OCH3 is 1. The molecular formula is C19H31N3O2. The van der Waals surface area contributed by atoms with Gasteiger partial charge in [-0.3, -0.25) is 4.99 Å². The van der Waals surface area contributed by atoms with Crippen molar-refractivity contribution in [3.63, 3.8) is 0 Å². The molecule has 0 aromatic heterocycles. The summed E-state index contributed by atoms with van der Waals surface area (Å²) >= 11 is 0. The van der Waals surface area contributed by atoms with Gasteiger partial charge in [0.1, 0.15) is 5.75 Å². The van der Waals surface area contributed by atoms with E-state index < -0.39 is 0 Å². The fourth-order valence-electron chi connectivity index (χ4n) is 2.57. The number of hydrogen-bond acceptors (Lipinski definition) is 3. The van der Waals surface area contributed by atoms with Crippen molar-refractivity contribution >= 4 is 5.96 Å². The molecule has 0 saturated heterocycles. The number of rotatable bonds is 9. The maximum Gasteiger partial charge on any atom is 0.193 e. The average Bonchev–Trinajstić information content (AvgIpc) is 3.41. The summed E-state index contributed by atoms with van der Waals surface area (Å²) in [5, 5.41) is 3.41. The van der Waals surface area contributed by atoms with Crippen LogP contribution in [0.15, 0.2) is 23.2 Å². The van der Waals surface area contributed by atoms with E-state index in [9.17, 15) is 0 Å². The van der Waals surface area contributed by atoms with Crippen molar-refractivity contribution in [1.29, 1.82) is 0 Å². The first-order chi connectivity index (χ1) is 11.6. The summed E-state index contributed by atoms with van der Waals surface area (Å²) in [6.07, 6.45) is 3.60. The quantitative estimate of drug-likeness (QED) is 0.428. The van der Waals surface area contributed by atoms with Crippen LogP contribution in [0, 0.1) is 12.8 Å². The Bertz CT molecular complexity index is 541. The highest BCUT2D eigenvalue weighted by atomic mass is 16.5. The van der Waals surface area contributed by atoms with Crippen molar-refractivity contribution in [2.45, 2.75) is 26.2 Å². The van der Waals surface area contributed by atoms with Crippen molar-refractivity contribution in [1.82, 2.24) is 10.2 Å². The van der Waals surface area contributed by atoms with Crippen LogP contribution in [-0.2, 0) is 11.2 Å². The molecule has 5 nitrogen and oxygen atoms in total. The zero-order valence-corrected chi connectivity index (χ0v) is 15.5. The van der Waals surface area contributed by atoms with E-state index in [2.05, 4.69) is 40.3 Å². The average molecular weight is 333 g/mol. The second-order valence-corrected chi connectivity index (χ2v) is 6.47. The van der Waals surface area contributed by atoms with E-state index >= 15 is 0 Å². The van der Waals surface area contributed by atoms with Gasteiger partial charge in [0, 0.05) is 33.8 Å². The van der Waals surface area contributed by atoms with Gasteiger partial charge >= 0.3 is 0 Å². The number of hydrogen-bond donors (Lipinski definition) is 1. The standard InChI is InChI=1S/C19H31N3O2/c1-15-5-6-16(13-18(15)23-4)9-10-21-19(20-2)22(3)11-12-24-14-17-7-8-17/h5-6,13,17H,7-12,14H2,1-4H3,(H,20,21). The zero-order valence-electron chi connectivity index (χ0n) is 15.5. The smallest absolute Gasteiger partial charge is 0.193 e. The third-order valence-electron chi connectivity index (χ3n) is 4.36. The monoisotopic (exact) mass is 333 g/mol. The van der Waals surface area contributed by atoms with Gasteiger partial charge in [-0.25, -0.2) is 0 Å². The first-order valence-electron chi connectivity index (χ1n) is 8.77. The molecule has 2 rings (SSSR count). The number of nitrogens with zero attached hydrogens (tertiary/aromatic N) is 2. The molecule has 0 aliphatic heterocycles. The van der Waals surface area contributed by atoms with E-state index in [1.807, 2.05) is 14.1 Å². The molecule has 1 N–H and O–H groups in total. The van der Waals surface area contributed by atoms with Gasteiger partial charge < -0.3 is 19.7 Å². The van der Waals surface area contributed by atoms with Gasteiger partial charge in [0.05, 0.1) is 13.7 Å². The number of aryl methyl sites for hydroxylation is 1. The van der Waals surface area contributed by atoms with Gasteiger partial charge in [0.2, 0.25) is 0 Å². The second-order valence-electron chi connectivity index (χ2n) is 6.47. The number of nitrogens with one attached hydrogen (secondary N) is 1. The Labute approximate surface area is 146 Å². The molecule has 0 radical (unpaired) electrons. The summed E-state index contributed by atoms with van der Waals surface area (Å²) in [6.45, 7) is 5.41. The molecule has 0 atom stereocenters. The fraction of sp³-hybridized carbons (Fsp3) is 0.632. The lowest BCUT2D eigenvalue weighted by Gasteiger charge is -2.22. The van der Waals surface area contributed by atoms with E-state index in [-0.39, 0.29) is 0 Å². The number of benzene rings is 1. The zero-order chi connectivity index (χ0) is 17.4. The number of aliphatic imine (C=N–C) groups is 1. The molecule has 24 heavy (non-hydrogen) atoms. The minimum absolute atomic E-state index is 0.753. The summed E-state index contributed by atoms with van der Waals surface area (Å²) in [5.41, 5.74) is 2.42. The third kappa shape index (κ3) is 6.04. The van der Waals surface area contributed by atoms with Crippen molar-refractivity contribution in [2.75, 3.05) is 47.5 Å². The fourth-order valence-corrected chi connectivity index (χ4v) is 2.57. The highest BCUT2D eigenvalue weighted by molar-refractivity contribution is 5.79. The summed E-state index contributed by atoms with van der Waals surface area (Å²) < 4.78 is 11.1. The van der Waals surface area contributed by atoms with Gasteiger partial charge in [0.15, 0.2) is 5.96 Å².